The normalized spacial score (nSPS) is 13.0. The van der Waals surface area contributed by atoms with Crippen molar-refractivity contribution < 1.29 is 15.0 Å². The van der Waals surface area contributed by atoms with Gasteiger partial charge in [0.25, 0.3) is 0 Å². The highest BCUT2D eigenvalue weighted by Crippen LogP contribution is 2.02. The summed E-state index contributed by atoms with van der Waals surface area (Å²) < 4.78 is 0. The molecule has 0 aliphatic rings. The zero-order valence-corrected chi connectivity index (χ0v) is 8.29. The van der Waals surface area contributed by atoms with Crippen LogP contribution in [0.3, 0.4) is 0 Å². The summed E-state index contributed by atoms with van der Waals surface area (Å²) in [5.41, 5.74) is 0. The Hall–Kier alpha value is -0.610. The van der Waals surface area contributed by atoms with Crippen molar-refractivity contribution in [1.29, 1.82) is 0 Å². The molecule has 0 aromatic heterocycles. The molecule has 0 bridgehead atoms. The minimum atomic E-state index is -0.844. The minimum absolute atomic E-state index is 0.0683. The van der Waals surface area contributed by atoms with Gasteiger partial charge in [-0.15, -0.1) is 0 Å². The van der Waals surface area contributed by atoms with Gasteiger partial charge in [0.15, 0.2) is 0 Å². The summed E-state index contributed by atoms with van der Waals surface area (Å²) in [7, 11) is 0. The fraction of sp³-hybridized carbons (Fsp3) is 0.889. The molecular weight excluding hydrogens is 170 g/mol. The number of amides is 1. The van der Waals surface area contributed by atoms with Crippen molar-refractivity contribution in [2.45, 2.75) is 32.8 Å². The van der Waals surface area contributed by atoms with Crippen LogP contribution >= 0.6 is 0 Å². The van der Waals surface area contributed by atoms with Crippen molar-refractivity contribution in [2.24, 2.45) is 5.92 Å². The largest absolute Gasteiger partial charge is 0.394 e. The lowest BCUT2D eigenvalue weighted by Gasteiger charge is -2.09. The molecule has 0 aromatic rings. The zero-order valence-electron chi connectivity index (χ0n) is 8.29. The summed E-state index contributed by atoms with van der Waals surface area (Å²) in [6, 6.07) is 0. The molecule has 1 atom stereocenters. The summed E-state index contributed by atoms with van der Waals surface area (Å²) >= 11 is 0. The topological polar surface area (TPSA) is 69.6 Å². The van der Waals surface area contributed by atoms with Crippen LogP contribution in [0.25, 0.3) is 0 Å². The molecule has 0 fully saturated rings. The van der Waals surface area contributed by atoms with E-state index < -0.39 is 6.10 Å². The molecule has 0 aromatic carbocycles. The fourth-order valence-electron chi connectivity index (χ4n) is 0.804. The number of rotatable bonds is 6. The van der Waals surface area contributed by atoms with Gasteiger partial charge in [0, 0.05) is 13.0 Å². The Labute approximate surface area is 79.0 Å². The quantitative estimate of drug-likeness (QED) is 0.546. The van der Waals surface area contributed by atoms with Crippen LogP contribution in [0.5, 0.6) is 0 Å². The number of carbonyl (C=O) groups excluding carboxylic acids is 1. The van der Waals surface area contributed by atoms with E-state index >= 15 is 0 Å². The third-order valence-corrected chi connectivity index (χ3v) is 1.69. The molecule has 4 nitrogen and oxygen atoms in total. The number of nitrogens with one attached hydrogen (secondary N) is 1. The summed E-state index contributed by atoms with van der Waals surface area (Å²) in [6.45, 7) is 3.92. The van der Waals surface area contributed by atoms with Crippen LogP contribution in [0.1, 0.15) is 26.7 Å². The maximum Gasteiger partial charge on any atom is 0.220 e. The summed E-state index contributed by atoms with van der Waals surface area (Å²) in [5, 5.41) is 19.9. The molecule has 1 unspecified atom stereocenters. The lowest BCUT2D eigenvalue weighted by atomic mass is 10.1. The summed E-state index contributed by atoms with van der Waals surface area (Å²) in [5.74, 6) is 0.440. The summed E-state index contributed by atoms with van der Waals surface area (Å²) in [6.07, 6.45) is 0.486. The van der Waals surface area contributed by atoms with Gasteiger partial charge in [-0.25, -0.2) is 0 Å². The van der Waals surface area contributed by atoms with Gasteiger partial charge in [-0.2, -0.15) is 0 Å². The van der Waals surface area contributed by atoms with E-state index in [1.165, 1.54) is 0 Å². The van der Waals surface area contributed by atoms with Gasteiger partial charge >= 0.3 is 0 Å². The van der Waals surface area contributed by atoms with E-state index in [0.29, 0.717) is 12.3 Å². The molecule has 0 aliphatic heterocycles. The highest BCUT2D eigenvalue weighted by molar-refractivity contribution is 5.75. The lowest BCUT2D eigenvalue weighted by molar-refractivity contribution is -0.121. The van der Waals surface area contributed by atoms with Gasteiger partial charge in [-0.05, 0) is 12.3 Å². The molecule has 3 N–H and O–H groups in total. The Morgan fingerprint density at radius 1 is 1.46 bits per heavy atom. The smallest absolute Gasteiger partial charge is 0.220 e. The van der Waals surface area contributed by atoms with E-state index in [0.717, 1.165) is 6.42 Å². The standard InChI is InChI=1S/C9H19NO3/c1-7(2)3-4-9(13)10-5-8(12)6-11/h7-8,11-12H,3-6H2,1-2H3,(H,10,13). The third kappa shape index (κ3) is 7.74. The van der Waals surface area contributed by atoms with Crippen molar-refractivity contribution >= 4 is 5.91 Å². The first-order chi connectivity index (χ1) is 6.06. The highest BCUT2D eigenvalue weighted by Gasteiger charge is 2.06. The second-order valence-corrected chi connectivity index (χ2v) is 3.57. The number of hydrogen-bond donors (Lipinski definition) is 3. The Bertz CT molecular complexity index is 148. The van der Waals surface area contributed by atoms with E-state index in [4.69, 9.17) is 10.2 Å². The molecule has 0 aliphatic carbocycles. The van der Waals surface area contributed by atoms with Crippen molar-refractivity contribution in [3.8, 4) is 0 Å². The van der Waals surface area contributed by atoms with E-state index in [1.807, 2.05) is 0 Å². The Morgan fingerprint density at radius 3 is 2.54 bits per heavy atom. The van der Waals surface area contributed by atoms with E-state index in [9.17, 15) is 4.79 Å². The van der Waals surface area contributed by atoms with Crippen molar-refractivity contribution in [3.05, 3.63) is 0 Å². The molecule has 0 spiro atoms. The van der Waals surface area contributed by atoms with Crippen LogP contribution in [0.4, 0.5) is 0 Å². The van der Waals surface area contributed by atoms with E-state index in [2.05, 4.69) is 19.2 Å². The molecule has 1 amide bonds. The minimum Gasteiger partial charge on any atom is -0.394 e. The van der Waals surface area contributed by atoms with Crippen LogP contribution in [0, 0.1) is 5.92 Å². The molecule has 0 saturated carbocycles. The van der Waals surface area contributed by atoms with Crippen molar-refractivity contribution in [3.63, 3.8) is 0 Å². The SMILES string of the molecule is CC(C)CCC(=O)NCC(O)CO. The van der Waals surface area contributed by atoms with Gasteiger partial charge < -0.3 is 15.5 Å². The fourth-order valence-corrected chi connectivity index (χ4v) is 0.804. The van der Waals surface area contributed by atoms with Crippen molar-refractivity contribution in [2.75, 3.05) is 13.2 Å². The Morgan fingerprint density at radius 2 is 2.08 bits per heavy atom. The average molecular weight is 189 g/mol. The summed E-state index contributed by atoms with van der Waals surface area (Å²) in [4.78, 5) is 11.1. The van der Waals surface area contributed by atoms with Gasteiger partial charge in [-0.3, -0.25) is 4.79 Å². The second kappa shape index (κ2) is 6.86. The van der Waals surface area contributed by atoms with E-state index in [-0.39, 0.29) is 19.1 Å². The third-order valence-electron chi connectivity index (χ3n) is 1.69. The maximum absolute atomic E-state index is 11.1. The molecule has 0 rings (SSSR count). The van der Waals surface area contributed by atoms with Crippen LogP contribution in [0.2, 0.25) is 0 Å². The van der Waals surface area contributed by atoms with Crippen LogP contribution in [0.15, 0.2) is 0 Å². The maximum atomic E-state index is 11.1. The van der Waals surface area contributed by atoms with E-state index in [1.54, 1.807) is 0 Å². The average Bonchev–Trinajstić information content (AvgIpc) is 2.10. The first-order valence-corrected chi connectivity index (χ1v) is 4.62. The number of aliphatic hydroxyl groups is 2. The predicted molar refractivity (Wildman–Crippen MR) is 50.2 cm³/mol. The predicted octanol–water partition coefficient (Wildman–Crippen LogP) is -0.108. The molecular formula is C9H19NO3. The molecule has 0 saturated heterocycles. The van der Waals surface area contributed by atoms with Gasteiger partial charge in [0.05, 0.1) is 12.7 Å². The Balaban J connectivity index is 3.40. The van der Waals surface area contributed by atoms with Gasteiger partial charge in [0.2, 0.25) is 5.91 Å². The van der Waals surface area contributed by atoms with Crippen LogP contribution in [-0.4, -0.2) is 35.4 Å². The number of carbonyl (C=O) groups is 1. The van der Waals surface area contributed by atoms with Gasteiger partial charge in [-0.1, -0.05) is 13.8 Å². The number of aliphatic hydroxyl groups excluding tert-OH is 2. The monoisotopic (exact) mass is 189 g/mol. The number of hydrogen-bond acceptors (Lipinski definition) is 3. The highest BCUT2D eigenvalue weighted by atomic mass is 16.3. The Kier molecular flexibility index (Phi) is 6.54. The molecule has 78 valence electrons. The zero-order chi connectivity index (χ0) is 10.3. The van der Waals surface area contributed by atoms with Crippen LogP contribution < -0.4 is 5.32 Å². The second-order valence-electron chi connectivity index (χ2n) is 3.57. The first-order valence-electron chi connectivity index (χ1n) is 4.62. The lowest BCUT2D eigenvalue weighted by Crippen LogP contribution is -2.33. The molecule has 13 heavy (non-hydrogen) atoms. The molecule has 0 radical (unpaired) electrons. The molecule has 4 heteroatoms. The first kappa shape index (κ1) is 12.4. The van der Waals surface area contributed by atoms with Crippen LogP contribution in [-0.2, 0) is 4.79 Å². The molecule has 0 heterocycles. The van der Waals surface area contributed by atoms with Crippen molar-refractivity contribution in [1.82, 2.24) is 5.32 Å². The van der Waals surface area contributed by atoms with Gasteiger partial charge in [0.1, 0.15) is 0 Å².